The maximum Gasteiger partial charge on any atom is 0.389 e. The monoisotopic (exact) mass is 554 g/mol. The molecule has 9 nitrogen and oxygen atoms in total. The summed E-state index contributed by atoms with van der Waals surface area (Å²) >= 11 is 0. The van der Waals surface area contributed by atoms with Crippen molar-refractivity contribution in [3.05, 3.63) is 47.2 Å². The van der Waals surface area contributed by atoms with Crippen molar-refractivity contribution in [1.82, 2.24) is 25.1 Å². The Hall–Kier alpha value is -3.58. The Labute approximate surface area is 219 Å². The van der Waals surface area contributed by atoms with Gasteiger partial charge in [-0.2, -0.15) is 18.3 Å². The molecule has 0 bridgehead atoms. The second kappa shape index (κ2) is 10.2. The lowest BCUT2D eigenvalue weighted by molar-refractivity contribution is -0.144. The van der Waals surface area contributed by atoms with Crippen molar-refractivity contribution in [2.45, 2.75) is 75.4 Å². The summed E-state index contributed by atoms with van der Waals surface area (Å²) in [6.45, 7) is 0. The van der Waals surface area contributed by atoms with Gasteiger partial charge in [0, 0.05) is 19.3 Å². The minimum Gasteiger partial charge on any atom is -0.365 e. The van der Waals surface area contributed by atoms with Crippen LogP contribution in [0.25, 0.3) is 5.65 Å². The normalized spacial score (nSPS) is 19.6. The number of imidazole rings is 1. The molecule has 0 aromatic carbocycles. The minimum absolute atomic E-state index is 0.0402. The van der Waals surface area contributed by atoms with Crippen LogP contribution in [0.2, 0.25) is 0 Å². The number of nitrogens with zero attached hydrogens (tertiary/aromatic N) is 4. The highest BCUT2D eigenvalue weighted by Crippen LogP contribution is 2.45. The number of nitrogens with two attached hydrogens (primary N) is 1. The first-order valence-corrected chi connectivity index (χ1v) is 12.7. The fraction of sp³-hybridized carbons (Fsp3) is 0.560. The van der Waals surface area contributed by atoms with Gasteiger partial charge < -0.3 is 15.6 Å². The van der Waals surface area contributed by atoms with Crippen molar-refractivity contribution in [3.63, 3.8) is 0 Å². The van der Waals surface area contributed by atoms with Crippen molar-refractivity contribution >= 4 is 17.5 Å². The molecule has 2 aliphatic carbocycles. The smallest absolute Gasteiger partial charge is 0.365 e. The number of amides is 2. The number of hydrogen-bond donors (Lipinski definition) is 2. The van der Waals surface area contributed by atoms with Gasteiger partial charge in [-0.25, -0.2) is 18.3 Å². The van der Waals surface area contributed by atoms with Gasteiger partial charge >= 0.3 is 6.18 Å². The molecule has 210 valence electrons. The Morgan fingerprint density at radius 1 is 1.18 bits per heavy atom. The first-order valence-electron chi connectivity index (χ1n) is 12.7. The van der Waals surface area contributed by atoms with Crippen LogP contribution in [0.1, 0.15) is 90.6 Å². The number of aromatic nitrogens is 4. The molecule has 14 heteroatoms. The molecule has 0 saturated heterocycles. The van der Waals surface area contributed by atoms with Crippen molar-refractivity contribution in [1.29, 1.82) is 0 Å². The van der Waals surface area contributed by atoms with Crippen LogP contribution >= 0.6 is 0 Å². The number of fused-ring (bicyclic) bond motifs is 1. The predicted molar refractivity (Wildman–Crippen MR) is 126 cm³/mol. The highest BCUT2D eigenvalue weighted by atomic mass is 19.4. The molecule has 0 unspecified atom stereocenters. The molecule has 3 heterocycles. The molecule has 2 fully saturated rings. The molecule has 0 spiro atoms. The van der Waals surface area contributed by atoms with Crippen LogP contribution in [-0.2, 0) is 4.79 Å². The maximum absolute atomic E-state index is 13.9. The van der Waals surface area contributed by atoms with E-state index in [1.165, 1.54) is 10.7 Å². The number of hydrogen-bond acceptors (Lipinski definition) is 6. The van der Waals surface area contributed by atoms with Gasteiger partial charge in [-0.05, 0) is 49.1 Å². The summed E-state index contributed by atoms with van der Waals surface area (Å²) in [6.07, 6.45) is -0.716. The van der Waals surface area contributed by atoms with Gasteiger partial charge in [0.05, 0.1) is 36.5 Å². The number of nitrogens with one attached hydrogen (secondary N) is 1. The first-order chi connectivity index (χ1) is 18.4. The van der Waals surface area contributed by atoms with E-state index < -0.39 is 48.7 Å². The fourth-order valence-corrected chi connectivity index (χ4v) is 5.29. The lowest BCUT2D eigenvalue weighted by Crippen LogP contribution is -2.30. The van der Waals surface area contributed by atoms with Gasteiger partial charge in [-0.15, -0.1) is 0 Å². The third kappa shape index (κ3) is 6.19. The van der Waals surface area contributed by atoms with Crippen LogP contribution < -0.4 is 11.1 Å². The number of carbonyl (C=O) groups excluding carboxylic acids is 2. The highest BCUT2D eigenvalue weighted by Gasteiger charge is 2.41. The molecule has 3 aromatic rings. The molecule has 3 N–H and O–H groups in total. The first kappa shape index (κ1) is 27.0. The van der Waals surface area contributed by atoms with Crippen molar-refractivity contribution in [2.75, 3.05) is 0 Å². The van der Waals surface area contributed by atoms with Gasteiger partial charge in [0.2, 0.25) is 11.8 Å². The number of carbonyl (C=O) groups is 2. The zero-order chi connectivity index (χ0) is 27.9. The van der Waals surface area contributed by atoms with Crippen LogP contribution in [0.5, 0.6) is 0 Å². The average Bonchev–Trinajstić information content (AvgIpc) is 3.43. The van der Waals surface area contributed by atoms with E-state index in [2.05, 4.69) is 20.6 Å². The van der Waals surface area contributed by atoms with Gasteiger partial charge in [0.1, 0.15) is 17.5 Å². The van der Waals surface area contributed by atoms with Crippen molar-refractivity contribution in [2.24, 2.45) is 17.6 Å². The molecule has 2 saturated carbocycles. The van der Waals surface area contributed by atoms with E-state index in [-0.39, 0.29) is 48.8 Å². The molecule has 3 aromatic heterocycles. The molecular formula is C25H27F5N6O3. The van der Waals surface area contributed by atoms with E-state index >= 15 is 0 Å². The second-order valence-corrected chi connectivity index (χ2v) is 10.4. The molecule has 0 aliphatic heterocycles. The average molecular weight is 555 g/mol. The van der Waals surface area contributed by atoms with Crippen LogP contribution in [0, 0.1) is 11.8 Å². The highest BCUT2D eigenvalue weighted by molar-refractivity contribution is 5.93. The second-order valence-electron chi connectivity index (χ2n) is 10.4. The van der Waals surface area contributed by atoms with E-state index in [0.29, 0.717) is 16.9 Å². The van der Waals surface area contributed by atoms with E-state index in [1.807, 2.05) is 0 Å². The van der Waals surface area contributed by atoms with Crippen LogP contribution in [0.4, 0.5) is 22.0 Å². The third-order valence-electron chi connectivity index (χ3n) is 7.47. The molecule has 2 atom stereocenters. The van der Waals surface area contributed by atoms with Gasteiger partial charge in [0.25, 0.3) is 5.91 Å². The SMILES string of the molecule is NC(=O)c1conc1[C@H](c1cn2ncc([C@H](NC(=O)CCC(F)(F)F)C3CC3)cc2n1)C1CCC(F)(F)CC1. The zero-order valence-corrected chi connectivity index (χ0v) is 20.8. The van der Waals surface area contributed by atoms with Crippen molar-refractivity contribution in [3.8, 4) is 0 Å². The Morgan fingerprint density at radius 2 is 1.90 bits per heavy atom. The van der Waals surface area contributed by atoms with E-state index in [4.69, 9.17) is 10.3 Å². The van der Waals surface area contributed by atoms with Crippen LogP contribution in [0.15, 0.2) is 29.2 Å². The number of rotatable bonds is 9. The quantitative estimate of drug-likeness (QED) is 0.370. The predicted octanol–water partition coefficient (Wildman–Crippen LogP) is 4.68. The van der Waals surface area contributed by atoms with Gasteiger partial charge in [0.15, 0.2) is 5.65 Å². The topological polar surface area (TPSA) is 128 Å². The maximum atomic E-state index is 13.9. The van der Waals surface area contributed by atoms with Gasteiger partial charge in [-0.3, -0.25) is 9.59 Å². The summed E-state index contributed by atoms with van der Waals surface area (Å²) in [5.41, 5.74) is 7.17. The van der Waals surface area contributed by atoms with Crippen molar-refractivity contribution < 1.29 is 36.1 Å². The van der Waals surface area contributed by atoms with E-state index in [1.54, 1.807) is 12.3 Å². The fourth-order valence-electron chi connectivity index (χ4n) is 5.29. The third-order valence-corrected chi connectivity index (χ3v) is 7.47. The van der Waals surface area contributed by atoms with Gasteiger partial charge in [-0.1, -0.05) is 5.16 Å². The Bertz CT molecular complexity index is 1360. The van der Waals surface area contributed by atoms with Crippen LogP contribution in [0.3, 0.4) is 0 Å². The Morgan fingerprint density at radius 3 is 2.54 bits per heavy atom. The summed E-state index contributed by atoms with van der Waals surface area (Å²) in [6, 6.07) is 1.17. The lowest BCUT2D eigenvalue weighted by atomic mass is 9.75. The lowest BCUT2D eigenvalue weighted by Gasteiger charge is -2.32. The molecule has 39 heavy (non-hydrogen) atoms. The number of alkyl halides is 5. The molecular weight excluding hydrogens is 527 g/mol. The standard InChI is InChI=1S/C25H27F5N6O3/c26-24(27)6-3-13(4-7-24)20(22-16(23(31)38)12-39-35-22)17-11-36-18(33-17)9-15(10-32-36)21(14-1-2-14)34-19(37)5-8-25(28,29)30/h9-14,20-21H,1-8H2,(H2,31,38)(H,34,37)/t20-,21+/m0/s1. The molecule has 0 radical (unpaired) electrons. The summed E-state index contributed by atoms with van der Waals surface area (Å²) in [7, 11) is 0. The summed E-state index contributed by atoms with van der Waals surface area (Å²) in [4.78, 5) is 28.9. The molecule has 2 aliphatic rings. The number of primary amides is 1. The van der Waals surface area contributed by atoms with Crippen LogP contribution in [-0.4, -0.2) is 43.7 Å². The minimum atomic E-state index is -4.43. The number of halogens is 5. The summed E-state index contributed by atoms with van der Waals surface area (Å²) in [5.74, 6) is -5.14. The largest absolute Gasteiger partial charge is 0.389 e. The summed E-state index contributed by atoms with van der Waals surface area (Å²) < 4.78 is 72.0. The molecule has 2 amide bonds. The van der Waals surface area contributed by atoms with E-state index in [0.717, 1.165) is 19.1 Å². The molecule has 5 rings (SSSR count). The zero-order valence-electron chi connectivity index (χ0n) is 20.8. The summed E-state index contributed by atoms with van der Waals surface area (Å²) in [5, 5.41) is 11.1. The Kier molecular flexibility index (Phi) is 7.06. The Balaban J connectivity index is 1.44. The van der Waals surface area contributed by atoms with E-state index in [9.17, 15) is 31.5 Å².